The first-order valence-corrected chi connectivity index (χ1v) is 17.3. The molecular weight excluding hydrogens is 709 g/mol. The van der Waals surface area contributed by atoms with E-state index in [-0.39, 0.29) is 33.8 Å². The van der Waals surface area contributed by atoms with E-state index in [0.29, 0.717) is 29.7 Å². The minimum absolute atomic E-state index is 0.00835. The number of amides is 2. The number of nitrogens with one attached hydrogen (secondary N) is 1. The van der Waals surface area contributed by atoms with E-state index >= 15 is 0 Å². The lowest BCUT2D eigenvalue weighted by Crippen LogP contribution is -2.71. The maximum Gasteiger partial charge on any atom is 0.350 e. The monoisotopic (exact) mass is 742 g/mol. The molecule has 2 aromatic rings. The van der Waals surface area contributed by atoms with Crippen molar-refractivity contribution in [2.75, 3.05) is 25.1 Å². The number of carboxylic acid groups (broad SMARTS) is 2. The van der Waals surface area contributed by atoms with Crippen molar-refractivity contribution in [2.45, 2.75) is 57.8 Å². The summed E-state index contributed by atoms with van der Waals surface area (Å²) in [6.45, 7) is 6.49. The molecule has 19 heteroatoms. The van der Waals surface area contributed by atoms with Crippen LogP contribution in [0.5, 0.6) is 11.5 Å². The first-order valence-electron chi connectivity index (χ1n) is 15.3. The third kappa shape index (κ3) is 7.89. The van der Waals surface area contributed by atoms with Gasteiger partial charge >= 0.3 is 17.9 Å². The van der Waals surface area contributed by atoms with Gasteiger partial charge in [0.25, 0.3) is 11.8 Å². The fourth-order valence-corrected chi connectivity index (χ4v) is 7.50. The minimum Gasteiger partial charge on any atom is -0.543 e. The number of thiazole rings is 1. The van der Waals surface area contributed by atoms with Crippen LogP contribution in [0.3, 0.4) is 0 Å². The lowest BCUT2D eigenvalue weighted by molar-refractivity contribution is -0.923. The number of fused-ring (bicyclic) bond motifs is 2. The first-order chi connectivity index (χ1) is 23.9. The summed E-state index contributed by atoms with van der Waals surface area (Å²) in [6.07, 6.45) is 3.43. The molecule has 1 fully saturated rings. The molecule has 4 N–H and O–H groups in total. The molecule has 0 spiro atoms. The number of quaternary nitrogens is 1. The number of carbonyl (C=O) groups is 6. The van der Waals surface area contributed by atoms with Gasteiger partial charge in [-0.1, -0.05) is 11.2 Å². The molecule has 0 radical (unpaired) electrons. The third-order valence-corrected chi connectivity index (χ3v) is 10.1. The zero-order valence-electron chi connectivity index (χ0n) is 28.1. The number of rotatable bonds is 12. The number of aliphatic carboxylic acids is 2. The Morgan fingerprint density at radius 2 is 1.76 bits per heavy atom. The lowest BCUT2D eigenvalue weighted by Gasteiger charge is -2.50. The average Bonchev–Trinajstić information content (AvgIpc) is 3.60. The number of benzene rings is 1. The maximum absolute atomic E-state index is 13.3. The first kappa shape index (κ1) is 37.0. The Kier molecular flexibility index (Phi) is 10.3. The van der Waals surface area contributed by atoms with Crippen LogP contribution in [0.1, 0.15) is 44.5 Å². The van der Waals surface area contributed by atoms with Gasteiger partial charge in [0.05, 0.1) is 25.3 Å². The Hall–Kier alpha value is -5.27. The van der Waals surface area contributed by atoms with Crippen molar-refractivity contribution in [1.82, 2.24) is 15.2 Å². The number of thioether (sulfide) groups is 1. The number of nitrogen functional groups attached to an aromatic ring is 1. The van der Waals surface area contributed by atoms with E-state index in [2.05, 4.69) is 15.5 Å². The molecule has 1 aromatic carbocycles. The number of esters is 2. The second kappa shape index (κ2) is 14.2. The predicted molar refractivity (Wildman–Crippen MR) is 180 cm³/mol. The molecule has 51 heavy (non-hydrogen) atoms. The molecule has 5 rings (SSSR count). The quantitative estimate of drug-likeness (QED) is 0.0661. The van der Waals surface area contributed by atoms with Gasteiger partial charge in [-0.2, -0.15) is 0 Å². The summed E-state index contributed by atoms with van der Waals surface area (Å²) >= 11 is 2.24. The summed E-state index contributed by atoms with van der Waals surface area (Å²) < 4.78 is 11.0. The summed E-state index contributed by atoms with van der Waals surface area (Å²) in [7, 11) is 1.98. The van der Waals surface area contributed by atoms with Gasteiger partial charge in [-0.25, -0.2) is 9.78 Å². The SMILES string of the molecule is CC(=O)Oc1cc2c(cc1OC(C)=O)C[N+](C)(C/C=C/C1=C(C(=O)[O-])N3C(=O)C(NC(=O)/C(=N\OC(C)(C)C(=O)O)c4csc(N)n4)C3SC1)C2. The zero-order valence-corrected chi connectivity index (χ0v) is 29.7. The minimum atomic E-state index is -1.80. The fourth-order valence-electron chi connectivity index (χ4n) is 5.63. The Morgan fingerprint density at radius 3 is 2.27 bits per heavy atom. The number of carboxylic acids is 2. The number of oxime groups is 1. The molecule has 3 aliphatic rings. The van der Waals surface area contributed by atoms with Crippen molar-refractivity contribution in [2.24, 2.45) is 5.16 Å². The molecule has 2 atom stereocenters. The summed E-state index contributed by atoms with van der Waals surface area (Å²) in [4.78, 5) is 83.9. The highest BCUT2D eigenvalue weighted by atomic mass is 32.2. The summed E-state index contributed by atoms with van der Waals surface area (Å²) in [5.74, 6) is -5.18. The lowest BCUT2D eigenvalue weighted by atomic mass is 10.0. The van der Waals surface area contributed by atoms with E-state index in [1.807, 2.05) is 7.05 Å². The van der Waals surface area contributed by atoms with Crippen molar-refractivity contribution < 1.29 is 57.8 Å². The highest BCUT2D eigenvalue weighted by Gasteiger charge is 2.53. The standard InChI is InChI=1S/C32H34N6O11S2/c1-15(39)47-21-9-18-11-38(5,12-19(18)10-22(21)48-16(2)40)8-6-7-17-13-50-28-24(27(42)37(28)25(17)29(43)44)35-26(41)23(20-14-51-31(33)34-20)36-49-32(3,4)30(45)46/h6-7,9-10,14,24,28H,8,11-13H2,1-5H3,(H4-,33,34,35,41,43,44,45,46)/b7-6+,36-23-. The maximum atomic E-state index is 13.3. The van der Waals surface area contributed by atoms with Crippen LogP contribution in [0, 0.1) is 0 Å². The fraction of sp³-hybridized carbons (Fsp3) is 0.375. The van der Waals surface area contributed by atoms with Crippen molar-refractivity contribution in [1.29, 1.82) is 0 Å². The molecule has 270 valence electrons. The largest absolute Gasteiger partial charge is 0.543 e. The van der Waals surface area contributed by atoms with Gasteiger partial charge in [0.2, 0.25) is 5.60 Å². The van der Waals surface area contributed by atoms with Crippen LogP contribution >= 0.6 is 23.1 Å². The van der Waals surface area contributed by atoms with E-state index in [1.165, 1.54) is 44.8 Å². The second-order valence-corrected chi connectivity index (χ2v) is 14.7. The van der Waals surface area contributed by atoms with Gasteiger partial charge < -0.3 is 44.9 Å². The molecule has 0 bridgehead atoms. The summed E-state index contributed by atoms with van der Waals surface area (Å²) in [5, 5.41) is 28.7. The van der Waals surface area contributed by atoms with Crippen LogP contribution in [0.4, 0.5) is 5.13 Å². The number of hydrogen-bond donors (Lipinski definition) is 3. The molecular formula is C32H34N6O11S2. The molecule has 4 heterocycles. The molecule has 1 saturated heterocycles. The van der Waals surface area contributed by atoms with Gasteiger partial charge in [-0.3, -0.25) is 24.1 Å². The van der Waals surface area contributed by atoms with Crippen molar-refractivity contribution >= 4 is 69.6 Å². The highest BCUT2D eigenvalue weighted by molar-refractivity contribution is 8.00. The molecule has 3 aliphatic heterocycles. The van der Waals surface area contributed by atoms with Crippen LogP contribution in [0.2, 0.25) is 0 Å². The third-order valence-electron chi connectivity index (χ3n) is 8.08. The number of ether oxygens (including phenoxy) is 2. The number of likely N-dealkylation sites (N-methyl/N-ethyl adjacent to an activating group) is 1. The van der Waals surface area contributed by atoms with Crippen LogP contribution in [0.25, 0.3) is 0 Å². The number of β-lactam (4-membered cyclic amide) rings is 1. The van der Waals surface area contributed by atoms with Crippen molar-refractivity contribution in [3.8, 4) is 11.5 Å². The van der Waals surface area contributed by atoms with Gasteiger partial charge in [0.1, 0.15) is 30.2 Å². The van der Waals surface area contributed by atoms with E-state index in [4.69, 9.17) is 20.0 Å². The van der Waals surface area contributed by atoms with Gasteiger partial charge in [-0.15, -0.1) is 23.1 Å². The van der Waals surface area contributed by atoms with E-state index in [9.17, 15) is 39.0 Å². The highest BCUT2D eigenvalue weighted by Crippen LogP contribution is 2.41. The van der Waals surface area contributed by atoms with E-state index < -0.39 is 58.4 Å². The molecule has 0 saturated carbocycles. The Morgan fingerprint density at radius 1 is 1.16 bits per heavy atom. The van der Waals surface area contributed by atoms with Crippen molar-refractivity contribution in [3.05, 3.63) is 57.8 Å². The Balaban J connectivity index is 1.30. The number of aromatic nitrogens is 1. The molecule has 2 amide bonds. The topological polar surface area (TPSA) is 240 Å². The molecule has 1 aromatic heterocycles. The van der Waals surface area contributed by atoms with Crippen LogP contribution in [-0.2, 0) is 46.7 Å². The van der Waals surface area contributed by atoms with Crippen molar-refractivity contribution in [3.63, 3.8) is 0 Å². The zero-order chi connectivity index (χ0) is 37.4. The number of hydrogen-bond acceptors (Lipinski definition) is 15. The van der Waals surface area contributed by atoms with Crippen LogP contribution < -0.4 is 25.6 Å². The molecule has 17 nitrogen and oxygen atoms in total. The second-order valence-electron chi connectivity index (χ2n) is 12.7. The summed E-state index contributed by atoms with van der Waals surface area (Å²) in [6, 6.07) is 2.21. The van der Waals surface area contributed by atoms with E-state index in [0.717, 1.165) is 27.4 Å². The molecule has 2 unspecified atom stereocenters. The number of carbonyl (C=O) groups excluding carboxylic acids is 5. The number of allylic oxidation sites excluding steroid dienone is 1. The van der Waals surface area contributed by atoms with Crippen LogP contribution in [-0.4, -0.2) is 97.2 Å². The number of nitrogens with zero attached hydrogens (tertiary/aromatic N) is 4. The average molecular weight is 743 g/mol. The predicted octanol–water partition coefficient (Wildman–Crippen LogP) is 0.280. The van der Waals surface area contributed by atoms with Gasteiger partial charge in [-0.05, 0) is 37.6 Å². The Bertz CT molecular complexity index is 1890. The van der Waals surface area contributed by atoms with Gasteiger partial charge in [0, 0.05) is 36.1 Å². The number of anilines is 1. The normalized spacial score (nSPS) is 19.6. The smallest absolute Gasteiger partial charge is 0.350 e. The van der Waals surface area contributed by atoms with E-state index in [1.54, 1.807) is 24.3 Å². The van der Waals surface area contributed by atoms with Crippen LogP contribution in [0.15, 0.2) is 46.1 Å². The van der Waals surface area contributed by atoms with Gasteiger partial charge in [0.15, 0.2) is 22.3 Å². The number of nitrogens with two attached hydrogens (primary N) is 1. The molecule has 0 aliphatic carbocycles. The Labute approximate surface area is 299 Å². The summed E-state index contributed by atoms with van der Waals surface area (Å²) in [5.41, 5.74) is 5.30.